The van der Waals surface area contributed by atoms with Crippen molar-refractivity contribution in [1.82, 2.24) is 15.6 Å². The topological polar surface area (TPSA) is 63.2 Å². The molecule has 1 aliphatic heterocycles. The molecular formula is C18H21N3O2. The predicted molar refractivity (Wildman–Crippen MR) is 87.9 cm³/mol. The fraction of sp³-hybridized carbons (Fsp3) is 0.333. The van der Waals surface area contributed by atoms with Gasteiger partial charge in [0.15, 0.2) is 0 Å². The minimum atomic E-state index is -0.0297. The van der Waals surface area contributed by atoms with E-state index in [0.29, 0.717) is 13.2 Å². The third-order valence-electron chi connectivity index (χ3n) is 3.92. The third kappa shape index (κ3) is 4.53. The molecule has 120 valence electrons. The molecule has 5 nitrogen and oxygen atoms in total. The van der Waals surface area contributed by atoms with E-state index in [2.05, 4.69) is 15.6 Å². The number of nitrogens with one attached hydrogen (secondary N) is 2. The number of carbonyl (C=O) groups excluding carboxylic acids is 1. The van der Waals surface area contributed by atoms with Gasteiger partial charge in [-0.25, -0.2) is 0 Å². The maximum atomic E-state index is 11.9. The lowest BCUT2D eigenvalue weighted by Crippen LogP contribution is -2.39. The summed E-state index contributed by atoms with van der Waals surface area (Å²) in [5.74, 6) is 0.898. The summed E-state index contributed by atoms with van der Waals surface area (Å²) in [5, 5.41) is 6.17. The van der Waals surface area contributed by atoms with E-state index in [4.69, 9.17) is 4.74 Å². The molecule has 1 aliphatic rings. The highest BCUT2D eigenvalue weighted by atomic mass is 16.5. The zero-order chi connectivity index (χ0) is 15.9. The normalized spacial score (nSPS) is 17.0. The van der Waals surface area contributed by atoms with Crippen LogP contribution in [0.4, 0.5) is 0 Å². The van der Waals surface area contributed by atoms with Crippen molar-refractivity contribution in [1.29, 1.82) is 0 Å². The number of carbonyl (C=O) groups is 1. The average molecular weight is 311 g/mol. The van der Waals surface area contributed by atoms with Crippen LogP contribution in [0.2, 0.25) is 0 Å². The number of rotatable bonds is 6. The molecule has 1 atom stereocenters. The summed E-state index contributed by atoms with van der Waals surface area (Å²) in [6.07, 6.45) is 5.50. The average Bonchev–Trinajstić information content (AvgIpc) is 3.14. The fourth-order valence-electron chi connectivity index (χ4n) is 2.57. The Morgan fingerprint density at radius 3 is 2.65 bits per heavy atom. The van der Waals surface area contributed by atoms with E-state index < -0.39 is 0 Å². The molecular weight excluding hydrogens is 290 g/mol. The lowest BCUT2D eigenvalue weighted by Gasteiger charge is -2.11. The summed E-state index contributed by atoms with van der Waals surface area (Å²) in [4.78, 5) is 15.9. The van der Waals surface area contributed by atoms with Crippen molar-refractivity contribution in [2.24, 2.45) is 0 Å². The highest BCUT2D eigenvalue weighted by molar-refractivity contribution is 5.81. The summed E-state index contributed by atoms with van der Waals surface area (Å²) in [7, 11) is 0. The monoisotopic (exact) mass is 311 g/mol. The summed E-state index contributed by atoms with van der Waals surface area (Å²) >= 11 is 0. The summed E-state index contributed by atoms with van der Waals surface area (Å²) in [5.41, 5.74) is 2.15. The Morgan fingerprint density at radius 2 is 1.96 bits per heavy atom. The Hall–Kier alpha value is -2.40. The van der Waals surface area contributed by atoms with Crippen LogP contribution in [-0.4, -0.2) is 23.5 Å². The first-order chi connectivity index (χ1) is 11.3. The van der Waals surface area contributed by atoms with Crippen LogP contribution in [0.1, 0.15) is 24.0 Å². The van der Waals surface area contributed by atoms with E-state index in [9.17, 15) is 4.79 Å². The van der Waals surface area contributed by atoms with Gasteiger partial charge in [-0.3, -0.25) is 9.78 Å². The molecule has 0 saturated carbocycles. The van der Waals surface area contributed by atoms with E-state index in [1.807, 2.05) is 36.4 Å². The van der Waals surface area contributed by atoms with E-state index >= 15 is 0 Å². The third-order valence-corrected chi connectivity index (χ3v) is 3.92. The van der Waals surface area contributed by atoms with Crippen molar-refractivity contribution in [3.63, 3.8) is 0 Å². The maximum absolute atomic E-state index is 11.9. The van der Waals surface area contributed by atoms with Gasteiger partial charge in [0.1, 0.15) is 12.4 Å². The molecule has 0 aliphatic carbocycles. The van der Waals surface area contributed by atoms with Crippen LogP contribution in [0.15, 0.2) is 48.8 Å². The molecule has 23 heavy (non-hydrogen) atoms. The van der Waals surface area contributed by atoms with E-state index in [1.165, 1.54) is 0 Å². The van der Waals surface area contributed by atoms with Crippen molar-refractivity contribution in [3.05, 3.63) is 59.9 Å². The first-order valence-corrected chi connectivity index (χ1v) is 7.93. The molecule has 1 aromatic heterocycles. The summed E-state index contributed by atoms with van der Waals surface area (Å²) in [6.45, 7) is 2.00. The smallest absolute Gasteiger partial charge is 0.237 e. The molecule has 1 fully saturated rings. The predicted octanol–water partition coefficient (Wildman–Crippen LogP) is 2.03. The van der Waals surface area contributed by atoms with Gasteiger partial charge in [0, 0.05) is 18.9 Å². The van der Waals surface area contributed by atoms with Crippen molar-refractivity contribution in [3.8, 4) is 5.75 Å². The van der Waals surface area contributed by atoms with Crippen LogP contribution in [-0.2, 0) is 17.9 Å². The quantitative estimate of drug-likeness (QED) is 0.857. The van der Waals surface area contributed by atoms with Gasteiger partial charge in [0.2, 0.25) is 5.91 Å². The minimum Gasteiger partial charge on any atom is -0.489 e. The number of aromatic nitrogens is 1. The Kier molecular flexibility index (Phi) is 5.21. The molecule has 2 heterocycles. The van der Waals surface area contributed by atoms with Gasteiger partial charge in [0.25, 0.3) is 0 Å². The van der Waals surface area contributed by atoms with Gasteiger partial charge in [-0.15, -0.1) is 0 Å². The highest BCUT2D eigenvalue weighted by Crippen LogP contribution is 2.14. The van der Waals surface area contributed by atoms with Crippen LogP contribution in [0.3, 0.4) is 0 Å². The zero-order valence-electron chi connectivity index (χ0n) is 13.0. The molecule has 1 aromatic carbocycles. The second-order valence-electron chi connectivity index (χ2n) is 5.65. The molecule has 5 heteroatoms. The first kappa shape index (κ1) is 15.5. The van der Waals surface area contributed by atoms with Gasteiger partial charge in [-0.1, -0.05) is 12.1 Å². The first-order valence-electron chi connectivity index (χ1n) is 7.93. The van der Waals surface area contributed by atoms with Gasteiger partial charge in [-0.2, -0.15) is 0 Å². The highest BCUT2D eigenvalue weighted by Gasteiger charge is 2.21. The second-order valence-corrected chi connectivity index (χ2v) is 5.65. The largest absolute Gasteiger partial charge is 0.489 e. The second kappa shape index (κ2) is 7.74. The van der Waals surface area contributed by atoms with Crippen LogP contribution in [0.25, 0.3) is 0 Å². The lowest BCUT2D eigenvalue weighted by molar-refractivity contribution is -0.122. The Balaban J connectivity index is 1.46. The van der Waals surface area contributed by atoms with E-state index in [-0.39, 0.29) is 11.9 Å². The number of nitrogens with zero attached hydrogens (tertiary/aromatic N) is 1. The zero-order valence-corrected chi connectivity index (χ0v) is 13.0. The van der Waals surface area contributed by atoms with Crippen molar-refractivity contribution < 1.29 is 9.53 Å². The van der Waals surface area contributed by atoms with Crippen LogP contribution in [0.5, 0.6) is 5.75 Å². The molecule has 0 spiro atoms. The van der Waals surface area contributed by atoms with Crippen molar-refractivity contribution in [2.75, 3.05) is 6.54 Å². The number of hydrogen-bond donors (Lipinski definition) is 2. The lowest BCUT2D eigenvalue weighted by atomic mass is 10.2. The van der Waals surface area contributed by atoms with Crippen LogP contribution < -0.4 is 15.4 Å². The Bertz CT molecular complexity index is 622. The molecule has 2 aromatic rings. The Morgan fingerprint density at radius 1 is 1.17 bits per heavy atom. The molecule has 2 N–H and O–H groups in total. The number of amides is 1. The van der Waals surface area contributed by atoms with Gasteiger partial charge in [-0.05, 0) is 54.8 Å². The molecule has 0 radical (unpaired) electrons. The number of hydrogen-bond acceptors (Lipinski definition) is 4. The maximum Gasteiger partial charge on any atom is 0.237 e. The minimum absolute atomic E-state index is 0.0297. The SMILES string of the molecule is O=C(NCc1ccc(OCc2ccncc2)cc1)[C@@H]1CCCN1. The van der Waals surface area contributed by atoms with Gasteiger partial charge < -0.3 is 15.4 Å². The molecule has 3 rings (SSSR count). The van der Waals surface area contributed by atoms with Crippen LogP contribution in [0, 0.1) is 0 Å². The van der Waals surface area contributed by atoms with E-state index in [0.717, 1.165) is 36.3 Å². The number of ether oxygens (including phenoxy) is 1. The van der Waals surface area contributed by atoms with Gasteiger partial charge in [0.05, 0.1) is 6.04 Å². The van der Waals surface area contributed by atoms with E-state index in [1.54, 1.807) is 12.4 Å². The fourth-order valence-corrected chi connectivity index (χ4v) is 2.57. The summed E-state index contributed by atoms with van der Waals surface area (Å²) in [6, 6.07) is 11.6. The van der Waals surface area contributed by atoms with Crippen molar-refractivity contribution in [2.45, 2.75) is 32.0 Å². The molecule has 0 unspecified atom stereocenters. The van der Waals surface area contributed by atoms with Crippen LogP contribution >= 0.6 is 0 Å². The van der Waals surface area contributed by atoms with Gasteiger partial charge >= 0.3 is 0 Å². The standard InChI is InChI=1S/C18H21N3O2/c22-18(17-2-1-9-20-17)21-12-14-3-5-16(6-4-14)23-13-15-7-10-19-11-8-15/h3-8,10-11,17,20H,1-2,9,12-13H2,(H,21,22)/t17-/m0/s1. The summed E-state index contributed by atoms with van der Waals surface area (Å²) < 4.78 is 5.73. The number of pyridine rings is 1. The Labute approximate surface area is 136 Å². The van der Waals surface area contributed by atoms with Crippen molar-refractivity contribution >= 4 is 5.91 Å². The molecule has 1 saturated heterocycles. The molecule has 0 bridgehead atoms. The number of benzene rings is 1. The molecule has 1 amide bonds.